The molecule has 0 saturated carbocycles. The second-order valence-corrected chi connectivity index (χ2v) is 5.06. The number of carbonyl (C=O) groups excluding carboxylic acids is 1. The molecule has 6 nitrogen and oxygen atoms in total. The van der Waals surface area contributed by atoms with Crippen LogP contribution in [0.15, 0.2) is 0 Å². The van der Waals surface area contributed by atoms with Crippen LogP contribution in [0.3, 0.4) is 0 Å². The lowest BCUT2D eigenvalue weighted by molar-refractivity contribution is -0.135. The molecule has 6 heteroatoms. The van der Waals surface area contributed by atoms with E-state index in [1.807, 2.05) is 20.8 Å². The van der Waals surface area contributed by atoms with Crippen molar-refractivity contribution in [1.82, 2.24) is 10.6 Å². The summed E-state index contributed by atoms with van der Waals surface area (Å²) >= 11 is 0. The number of aliphatic carboxylic acids is 1. The van der Waals surface area contributed by atoms with Crippen molar-refractivity contribution in [2.75, 3.05) is 19.6 Å². The Morgan fingerprint density at radius 1 is 1.11 bits per heavy atom. The predicted octanol–water partition coefficient (Wildman–Crippen LogP) is 1.36. The average molecular weight is 260 g/mol. The van der Waals surface area contributed by atoms with E-state index >= 15 is 0 Å². The third kappa shape index (κ3) is 12.8. The molecule has 0 bridgehead atoms. The molecule has 0 fully saturated rings. The van der Waals surface area contributed by atoms with E-state index < -0.39 is 17.7 Å². The van der Waals surface area contributed by atoms with Crippen molar-refractivity contribution >= 4 is 12.1 Å². The molecule has 0 unspecified atom stereocenters. The standard InChI is InChI=1S/C12H24N2O4/c1-12(2,3)18-11(17)14-8-6-4-5-7-13-9-10(15)16/h13H,4-9H2,1-3H3,(H,14,17)(H,15,16). The van der Waals surface area contributed by atoms with Crippen LogP contribution in [0.25, 0.3) is 0 Å². The fraction of sp³-hybridized carbons (Fsp3) is 0.833. The van der Waals surface area contributed by atoms with Crippen molar-refractivity contribution in [3.63, 3.8) is 0 Å². The SMILES string of the molecule is CC(C)(C)OC(=O)NCCCCCNCC(=O)O. The zero-order chi connectivity index (χ0) is 14.0. The summed E-state index contributed by atoms with van der Waals surface area (Å²) in [5, 5.41) is 13.9. The van der Waals surface area contributed by atoms with E-state index in [1.165, 1.54) is 0 Å². The lowest BCUT2D eigenvalue weighted by atomic mass is 10.2. The molecule has 1 amide bonds. The molecule has 0 aliphatic rings. The van der Waals surface area contributed by atoms with Gasteiger partial charge in [0.25, 0.3) is 0 Å². The Morgan fingerprint density at radius 2 is 1.72 bits per heavy atom. The van der Waals surface area contributed by atoms with Crippen molar-refractivity contribution in [2.24, 2.45) is 0 Å². The van der Waals surface area contributed by atoms with Gasteiger partial charge in [-0.05, 0) is 40.2 Å². The minimum atomic E-state index is -0.846. The van der Waals surface area contributed by atoms with Crippen LogP contribution in [0, 0.1) is 0 Å². The Labute approximate surface area is 108 Å². The van der Waals surface area contributed by atoms with Gasteiger partial charge in [0, 0.05) is 6.54 Å². The van der Waals surface area contributed by atoms with Gasteiger partial charge in [-0.25, -0.2) is 4.79 Å². The van der Waals surface area contributed by atoms with E-state index in [4.69, 9.17) is 9.84 Å². The minimum Gasteiger partial charge on any atom is -0.480 e. The van der Waals surface area contributed by atoms with Crippen molar-refractivity contribution in [3.8, 4) is 0 Å². The highest BCUT2D eigenvalue weighted by Crippen LogP contribution is 2.06. The minimum absolute atomic E-state index is 0.00381. The Hall–Kier alpha value is -1.30. The molecule has 0 aromatic heterocycles. The molecule has 18 heavy (non-hydrogen) atoms. The maximum absolute atomic E-state index is 11.3. The Bertz CT molecular complexity index is 261. The fourth-order valence-corrected chi connectivity index (χ4v) is 1.25. The van der Waals surface area contributed by atoms with Gasteiger partial charge in [0.15, 0.2) is 0 Å². The normalized spacial score (nSPS) is 11.1. The summed E-state index contributed by atoms with van der Waals surface area (Å²) in [6.45, 7) is 6.71. The summed E-state index contributed by atoms with van der Waals surface area (Å²) in [5.74, 6) is -0.846. The average Bonchev–Trinajstić information content (AvgIpc) is 2.18. The van der Waals surface area contributed by atoms with E-state index in [9.17, 15) is 9.59 Å². The lowest BCUT2D eigenvalue weighted by Gasteiger charge is -2.19. The van der Waals surface area contributed by atoms with E-state index in [0.29, 0.717) is 13.1 Å². The Kier molecular flexibility index (Phi) is 8.11. The van der Waals surface area contributed by atoms with Crippen molar-refractivity contribution in [3.05, 3.63) is 0 Å². The number of amides is 1. The number of carboxylic acid groups (broad SMARTS) is 1. The first-order chi connectivity index (χ1) is 8.31. The summed E-state index contributed by atoms with van der Waals surface area (Å²) in [5.41, 5.74) is -0.467. The second kappa shape index (κ2) is 8.74. The molecule has 0 aliphatic carbocycles. The van der Waals surface area contributed by atoms with Gasteiger partial charge < -0.3 is 20.5 Å². The Morgan fingerprint density at radius 3 is 2.28 bits per heavy atom. The quantitative estimate of drug-likeness (QED) is 0.573. The van der Waals surface area contributed by atoms with Gasteiger partial charge in [0.05, 0.1) is 6.54 Å². The summed E-state index contributed by atoms with van der Waals surface area (Å²) in [6.07, 6.45) is 2.28. The first-order valence-corrected chi connectivity index (χ1v) is 6.20. The molecular weight excluding hydrogens is 236 g/mol. The van der Waals surface area contributed by atoms with E-state index in [2.05, 4.69) is 10.6 Å². The number of nitrogens with one attached hydrogen (secondary N) is 2. The van der Waals surface area contributed by atoms with Crippen LogP contribution in [0.2, 0.25) is 0 Å². The van der Waals surface area contributed by atoms with Gasteiger partial charge in [0.1, 0.15) is 5.60 Å². The van der Waals surface area contributed by atoms with Crippen LogP contribution >= 0.6 is 0 Å². The third-order valence-electron chi connectivity index (χ3n) is 1.97. The topological polar surface area (TPSA) is 87.7 Å². The van der Waals surface area contributed by atoms with Crippen LogP contribution in [-0.2, 0) is 9.53 Å². The van der Waals surface area contributed by atoms with Crippen LogP contribution in [0.4, 0.5) is 4.79 Å². The number of hydrogen-bond donors (Lipinski definition) is 3. The van der Waals surface area contributed by atoms with Gasteiger partial charge in [-0.15, -0.1) is 0 Å². The van der Waals surface area contributed by atoms with E-state index in [1.54, 1.807) is 0 Å². The number of alkyl carbamates (subject to hydrolysis) is 1. The molecule has 0 aromatic rings. The van der Waals surface area contributed by atoms with Crippen molar-refractivity contribution in [1.29, 1.82) is 0 Å². The third-order valence-corrected chi connectivity index (χ3v) is 1.97. The molecule has 106 valence electrons. The number of carboxylic acids is 1. The molecule has 0 saturated heterocycles. The molecule has 0 heterocycles. The molecule has 0 atom stereocenters. The predicted molar refractivity (Wildman–Crippen MR) is 68.6 cm³/mol. The molecule has 0 rings (SSSR count). The monoisotopic (exact) mass is 260 g/mol. The zero-order valence-corrected chi connectivity index (χ0v) is 11.4. The highest BCUT2D eigenvalue weighted by molar-refractivity contribution is 5.69. The van der Waals surface area contributed by atoms with Crippen molar-refractivity contribution < 1.29 is 19.4 Å². The summed E-state index contributed by atoms with van der Waals surface area (Å²) < 4.78 is 5.08. The van der Waals surface area contributed by atoms with E-state index in [0.717, 1.165) is 19.3 Å². The molecule has 0 radical (unpaired) electrons. The maximum Gasteiger partial charge on any atom is 0.407 e. The zero-order valence-electron chi connectivity index (χ0n) is 11.4. The molecule has 0 spiro atoms. The van der Waals surface area contributed by atoms with Crippen molar-refractivity contribution in [2.45, 2.75) is 45.6 Å². The smallest absolute Gasteiger partial charge is 0.407 e. The van der Waals surface area contributed by atoms with E-state index in [-0.39, 0.29) is 6.54 Å². The number of hydrogen-bond acceptors (Lipinski definition) is 4. The van der Waals surface area contributed by atoms with Crippen LogP contribution in [-0.4, -0.2) is 42.4 Å². The first-order valence-electron chi connectivity index (χ1n) is 6.20. The summed E-state index contributed by atoms with van der Waals surface area (Å²) in [7, 11) is 0. The molecule has 0 aromatic carbocycles. The van der Waals surface area contributed by atoms with Crippen LogP contribution < -0.4 is 10.6 Å². The highest BCUT2D eigenvalue weighted by atomic mass is 16.6. The second-order valence-electron chi connectivity index (χ2n) is 5.06. The lowest BCUT2D eigenvalue weighted by Crippen LogP contribution is -2.33. The number of carbonyl (C=O) groups is 2. The van der Waals surface area contributed by atoms with Gasteiger partial charge in [-0.2, -0.15) is 0 Å². The molecule has 0 aliphatic heterocycles. The summed E-state index contributed by atoms with van der Waals surface area (Å²) in [4.78, 5) is 21.5. The molecule has 3 N–H and O–H groups in total. The van der Waals surface area contributed by atoms with Gasteiger partial charge >= 0.3 is 12.1 Å². The maximum atomic E-state index is 11.3. The summed E-state index contributed by atoms with van der Waals surface area (Å²) in [6, 6.07) is 0. The molecular formula is C12H24N2O4. The number of ether oxygens (including phenoxy) is 1. The Balaban J connectivity index is 3.30. The van der Waals surface area contributed by atoms with Crippen LogP contribution in [0.1, 0.15) is 40.0 Å². The van der Waals surface area contributed by atoms with Crippen LogP contribution in [0.5, 0.6) is 0 Å². The first kappa shape index (κ1) is 16.7. The largest absolute Gasteiger partial charge is 0.480 e. The van der Waals surface area contributed by atoms with Gasteiger partial charge in [-0.1, -0.05) is 6.42 Å². The fourth-order valence-electron chi connectivity index (χ4n) is 1.25. The highest BCUT2D eigenvalue weighted by Gasteiger charge is 2.15. The number of unbranched alkanes of at least 4 members (excludes halogenated alkanes) is 2. The van der Waals surface area contributed by atoms with Gasteiger partial charge in [0.2, 0.25) is 0 Å². The number of rotatable bonds is 8. The van der Waals surface area contributed by atoms with Gasteiger partial charge in [-0.3, -0.25) is 4.79 Å².